The van der Waals surface area contributed by atoms with Crippen LogP contribution in [0.25, 0.3) is 0 Å². The molecule has 1 aromatic carbocycles. The van der Waals surface area contributed by atoms with E-state index in [1.165, 1.54) is 5.56 Å². The zero-order valence-corrected chi connectivity index (χ0v) is 18.3. The van der Waals surface area contributed by atoms with Gasteiger partial charge in [-0.25, -0.2) is 4.99 Å². The highest BCUT2D eigenvalue weighted by Crippen LogP contribution is 2.25. The third-order valence-corrected chi connectivity index (χ3v) is 4.86. The molecule has 0 aliphatic carbocycles. The lowest BCUT2D eigenvalue weighted by atomic mass is 9.89. The molecule has 2 rings (SSSR count). The van der Waals surface area contributed by atoms with Crippen LogP contribution in [-0.4, -0.2) is 51.6 Å². The molecule has 0 bridgehead atoms. The lowest BCUT2D eigenvalue weighted by molar-refractivity contribution is 0.0205. The Morgan fingerprint density at radius 3 is 2.71 bits per heavy atom. The molecular formula is C22H37N3O3. The molecular weight excluding hydrogens is 354 g/mol. The highest BCUT2D eigenvalue weighted by Gasteiger charge is 2.24. The van der Waals surface area contributed by atoms with Gasteiger partial charge in [-0.15, -0.1) is 0 Å². The first-order chi connectivity index (χ1) is 13.3. The van der Waals surface area contributed by atoms with Crippen molar-refractivity contribution in [2.75, 3.05) is 33.4 Å². The molecule has 1 aromatic rings. The molecule has 2 unspecified atom stereocenters. The minimum Gasteiger partial charge on any atom is -0.488 e. The lowest BCUT2D eigenvalue weighted by Gasteiger charge is -2.30. The van der Waals surface area contributed by atoms with E-state index in [0.29, 0.717) is 19.7 Å². The largest absolute Gasteiger partial charge is 0.488 e. The Morgan fingerprint density at radius 1 is 1.32 bits per heavy atom. The van der Waals surface area contributed by atoms with E-state index in [-0.39, 0.29) is 17.6 Å². The molecule has 1 aliphatic rings. The van der Waals surface area contributed by atoms with E-state index in [4.69, 9.17) is 19.2 Å². The second kappa shape index (κ2) is 10.7. The first-order valence-electron chi connectivity index (χ1n) is 10.2. The predicted octanol–water partition coefficient (Wildman–Crippen LogP) is 3.28. The summed E-state index contributed by atoms with van der Waals surface area (Å²) in [4.78, 5) is 4.76. The van der Waals surface area contributed by atoms with E-state index >= 15 is 0 Å². The predicted molar refractivity (Wildman–Crippen MR) is 114 cm³/mol. The van der Waals surface area contributed by atoms with Crippen LogP contribution >= 0.6 is 0 Å². The second-order valence-electron chi connectivity index (χ2n) is 8.38. The summed E-state index contributed by atoms with van der Waals surface area (Å²) in [5.74, 6) is 1.68. The van der Waals surface area contributed by atoms with Gasteiger partial charge in [-0.2, -0.15) is 0 Å². The van der Waals surface area contributed by atoms with E-state index in [1.54, 1.807) is 7.11 Å². The van der Waals surface area contributed by atoms with Gasteiger partial charge in [-0.05, 0) is 30.9 Å². The molecule has 0 radical (unpaired) electrons. The number of aliphatic imine (C=N–C) groups is 1. The number of rotatable bonds is 8. The van der Waals surface area contributed by atoms with Crippen LogP contribution in [-0.2, 0) is 16.0 Å². The van der Waals surface area contributed by atoms with Crippen LogP contribution in [0.15, 0.2) is 23.2 Å². The molecule has 0 aromatic heterocycles. The Labute approximate surface area is 170 Å². The molecule has 6 heteroatoms. The lowest BCUT2D eigenvalue weighted by Crippen LogP contribution is -2.45. The van der Waals surface area contributed by atoms with E-state index in [9.17, 15) is 0 Å². The number of guanidine groups is 1. The summed E-state index contributed by atoms with van der Waals surface area (Å²) in [7, 11) is 1.75. The van der Waals surface area contributed by atoms with Gasteiger partial charge in [0.1, 0.15) is 11.9 Å². The number of hydrogen-bond acceptors (Lipinski definition) is 4. The summed E-state index contributed by atoms with van der Waals surface area (Å²) in [6, 6.07) is 6.29. The van der Waals surface area contributed by atoms with Crippen molar-refractivity contribution in [1.29, 1.82) is 0 Å². The van der Waals surface area contributed by atoms with Gasteiger partial charge in [-0.1, -0.05) is 32.9 Å². The summed E-state index contributed by atoms with van der Waals surface area (Å²) in [5.41, 5.74) is 2.31. The van der Waals surface area contributed by atoms with Crippen molar-refractivity contribution in [3.05, 3.63) is 29.3 Å². The topological polar surface area (TPSA) is 64.1 Å². The van der Waals surface area contributed by atoms with Crippen molar-refractivity contribution in [3.63, 3.8) is 0 Å². The summed E-state index contributed by atoms with van der Waals surface area (Å²) in [6.07, 6.45) is 1.16. The quantitative estimate of drug-likeness (QED) is 0.526. The molecule has 158 valence electrons. The van der Waals surface area contributed by atoms with Gasteiger partial charge in [0, 0.05) is 32.2 Å². The summed E-state index contributed by atoms with van der Waals surface area (Å²) in [5, 5.41) is 6.72. The second-order valence-corrected chi connectivity index (χ2v) is 8.38. The Balaban J connectivity index is 2.06. The maximum absolute atomic E-state index is 6.18. The Hall–Kier alpha value is -1.79. The number of aryl methyl sites for hydroxylation is 1. The number of nitrogens with one attached hydrogen (secondary N) is 2. The molecule has 2 atom stereocenters. The van der Waals surface area contributed by atoms with Crippen molar-refractivity contribution in [1.82, 2.24) is 10.6 Å². The third kappa shape index (κ3) is 6.99. The van der Waals surface area contributed by atoms with Crippen LogP contribution in [0.4, 0.5) is 0 Å². The van der Waals surface area contributed by atoms with Crippen molar-refractivity contribution >= 4 is 5.96 Å². The van der Waals surface area contributed by atoms with Crippen LogP contribution in [0.2, 0.25) is 0 Å². The summed E-state index contributed by atoms with van der Waals surface area (Å²) in [6.45, 7) is 14.1. The summed E-state index contributed by atoms with van der Waals surface area (Å²) < 4.78 is 17.3. The Morgan fingerprint density at radius 2 is 2.11 bits per heavy atom. The standard InChI is InChI=1S/C22H37N3O3/c1-7-23-21(25-14-20(26-6)22(3,4)5)24-13-17-9-8-16(2)12-19(17)28-18-10-11-27-15-18/h8-9,12,18,20H,7,10-11,13-15H2,1-6H3,(H2,23,24,25). The van der Waals surface area contributed by atoms with Gasteiger partial charge in [-0.3, -0.25) is 0 Å². The van der Waals surface area contributed by atoms with E-state index in [2.05, 4.69) is 63.5 Å². The maximum atomic E-state index is 6.18. The molecule has 0 amide bonds. The van der Waals surface area contributed by atoms with Crippen LogP contribution in [0.3, 0.4) is 0 Å². The molecule has 1 heterocycles. The van der Waals surface area contributed by atoms with E-state index in [1.807, 2.05) is 0 Å². The van der Waals surface area contributed by atoms with Crippen LogP contribution in [0.5, 0.6) is 5.75 Å². The first kappa shape index (κ1) is 22.5. The zero-order valence-electron chi connectivity index (χ0n) is 18.3. The van der Waals surface area contributed by atoms with Gasteiger partial charge >= 0.3 is 0 Å². The number of ether oxygens (including phenoxy) is 3. The number of benzene rings is 1. The van der Waals surface area contributed by atoms with Crippen molar-refractivity contribution < 1.29 is 14.2 Å². The van der Waals surface area contributed by atoms with Gasteiger partial charge in [0.25, 0.3) is 0 Å². The Bertz CT molecular complexity index is 634. The molecule has 1 saturated heterocycles. The highest BCUT2D eigenvalue weighted by atomic mass is 16.5. The minimum atomic E-state index is 0.0559. The van der Waals surface area contributed by atoms with Crippen molar-refractivity contribution in [2.45, 2.75) is 59.8 Å². The molecule has 2 N–H and O–H groups in total. The number of methoxy groups -OCH3 is 1. The average Bonchev–Trinajstić information content (AvgIpc) is 3.13. The number of nitrogens with zero attached hydrogens (tertiary/aromatic N) is 1. The fourth-order valence-electron chi connectivity index (χ4n) is 3.13. The first-order valence-corrected chi connectivity index (χ1v) is 10.2. The summed E-state index contributed by atoms with van der Waals surface area (Å²) >= 11 is 0. The van der Waals surface area contributed by atoms with Gasteiger partial charge in [0.15, 0.2) is 5.96 Å². The molecule has 6 nitrogen and oxygen atoms in total. The van der Waals surface area contributed by atoms with Crippen LogP contribution < -0.4 is 15.4 Å². The normalized spacial score (nSPS) is 18.8. The van der Waals surface area contributed by atoms with Gasteiger partial charge < -0.3 is 24.8 Å². The monoisotopic (exact) mass is 391 g/mol. The van der Waals surface area contributed by atoms with Gasteiger partial charge in [0.2, 0.25) is 0 Å². The maximum Gasteiger partial charge on any atom is 0.191 e. The molecule has 1 fully saturated rings. The third-order valence-electron chi connectivity index (χ3n) is 4.86. The van der Waals surface area contributed by atoms with Gasteiger partial charge in [0.05, 0.1) is 25.9 Å². The minimum absolute atomic E-state index is 0.0559. The van der Waals surface area contributed by atoms with Crippen LogP contribution in [0.1, 0.15) is 45.2 Å². The van der Waals surface area contributed by atoms with Crippen LogP contribution in [0, 0.1) is 12.3 Å². The fraction of sp³-hybridized carbons (Fsp3) is 0.682. The van der Waals surface area contributed by atoms with E-state index < -0.39 is 0 Å². The average molecular weight is 392 g/mol. The molecule has 0 spiro atoms. The van der Waals surface area contributed by atoms with Crippen molar-refractivity contribution in [3.8, 4) is 5.75 Å². The zero-order chi connectivity index (χ0) is 20.6. The number of hydrogen-bond donors (Lipinski definition) is 2. The van der Waals surface area contributed by atoms with Crippen molar-refractivity contribution in [2.24, 2.45) is 10.4 Å². The molecule has 28 heavy (non-hydrogen) atoms. The Kier molecular flexibility index (Phi) is 8.58. The van der Waals surface area contributed by atoms with E-state index in [0.717, 1.165) is 36.8 Å². The molecule has 1 aliphatic heterocycles. The smallest absolute Gasteiger partial charge is 0.191 e. The highest BCUT2D eigenvalue weighted by molar-refractivity contribution is 5.79. The molecule has 0 saturated carbocycles. The SMILES string of the molecule is CCNC(=NCc1ccc(C)cc1OC1CCOC1)NCC(OC)C(C)(C)C. The fourth-order valence-corrected chi connectivity index (χ4v) is 3.13.